The van der Waals surface area contributed by atoms with Gasteiger partial charge in [-0.1, -0.05) is 48.5 Å². The largest absolute Gasteiger partial charge is 0.372 e. The number of para-hydroxylation sites is 2. The van der Waals surface area contributed by atoms with E-state index in [2.05, 4.69) is 192 Å². The molecule has 254 valence electrons. The number of hydrogen-bond donors (Lipinski definition) is 0. The Kier molecular flexibility index (Phi) is 11.7. The van der Waals surface area contributed by atoms with Crippen LogP contribution in [0.1, 0.15) is 63.1 Å². The van der Waals surface area contributed by atoms with E-state index in [-0.39, 0.29) is 0 Å². The number of anilines is 2. The lowest BCUT2D eigenvalue weighted by atomic mass is 10.1. The molecule has 4 aromatic carbocycles. The van der Waals surface area contributed by atoms with E-state index < -0.39 is 0 Å². The summed E-state index contributed by atoms with van der Waals surface area (Å²) in [6.07, 6.45) is 11.2. The molecule has 2 heterocycles. The molecule has 0 aliphatic heterocycles. The van der Waals surface area contributed by atoms with Crippen molar-refractivity contribution in [1.29, 1.82) is 0 Å². The maximum Gasteiger partial charge on any atom is 0.212 e. The quantitative estimate of drug-likeness (QED) is 0.0804. The molecule has 0 spiro atoms. The molecule has 50 heavy (non-hydrogen) atoms. The van der Waals surface area contributed by atoms with Crippen molar-refractivity contribution in [3.63, 3.8) is 0 Å². The Morgan fingerprint density at radius 2 is 0.800 bits per heavy atom. The van der Waals surface area contributed by atoms with Gasteiger partial charge in [0.25, 0.3) is 0 Å². The number of aryl methyl sites for hydroxylation is 2. The van der Waals surface area contributed by atoms with Gasteiger partial charge in [0.2, 0.25) is 22.4 Å². The van der Waals surface area contributed by atoms with Crippen molar-refractivity contribution in [2.45, 2.75) is 53.6 Å². The lowest BCUT2D eigenvalue weighted by Gasteiger charge is -2.20. The number of nitrogens with zero attached hydrogens (tertiary/aromatic N) is 4. The van der Waals surface area contributed by atoms with Gasteiger partial charge in [-0.3, -0.25) is 0 Å². The molecule has 0 N–H and O–H groups in total. The molecule has 0 saturated heterocycles. The average molecular weight is 661 g/mol. The maximum atomic E-state index is 2.49. The molecule has 2 aromatic heterocycles. The number of aromatic nitrogens is 2. The molecule has 0 fully saturated rings. The van der Waals surface area contributed by atoms with Crippen molar-refractivity contribution in [2.24, 2.45) is 0 Å². The van der Waals surface area contributed by atoms with E-state index in [0.29, 0.717) is 0 Å². The predicted octanol–water partition coefficient (Wildman–Crippen LogP) is 10.1. The highest BCUT2D eigenvalue weighted by Gasteiger charge is 2.17. The van der Waals surface area contributed by atoms with Gasteiger partial charge in [0.05, 0.1) is 0 Å². The van der Waals surface area contributed by atoms with Crippen LogP contribution in [0, 0.1) is 0 Å². The molecule has 6 rings (SSSR count). The van der Waals surface area contributed by atoms with Gasteiger partial charge in [-0.15, -0.1) is 0 Å². The zero-order valence-corrected chi connectivity index (χ0v) is 30.3. The second-order valence-electron chi connectivity index (χ2n) is 12.8. The minimum Gasteiger partial charge on any atom is -0.372 e. The summed E-state index contributed by atoms with van der Waals surface area (Å²) in [6.45, 7) is 14.8. The third kappa shape index (κ3) is 8.14. The van der Waals surface area contributed by atoms with Crippen LogP contribution in [0.5, 0.6) is 0 Å². The Bertz CT molecular complexity index is 1900. The molecule has 0 aliphatic carbocycles. The second-order valence-corrected chi connectivity index (χ2v) is 12.8. The first-order valence-corrected chi connectivity index (χ1v) is 18.5. The van der Waals surface area contributed by atoms with Gasteiger partial charge in [-0.05, 0) is 99.5 Å². The van der Waals surface area contributed by atoms with Gasteiger partial charge in [0, 0.05) is 97.6 Å². The van der Waals surface area contributed by atoms with Crippen molar-refractivity contribution in [2.75, 3.05) is 36.0 Å². The van der Waals surface area contributed by atoms with Crippen molar-refractivity contribution in [3.05, 3.63) is 144 Å². The first kappa shape index (κ1) is 34.6. The molecule has 6 aromatic rings. The molecule has 0 amide bonds. The second kappa shape index (κ2) is 16.9. The summed E-state index contributed by atoms with van der Waals surface area (Å²) < 4.78 is 4.99. The predicted molar refractivity (Wildman–Crippen MR) is 215 cm³/mol. The van der Waals surface area contributed by atoms with Gasteiger partial charge in [-0.25, -0.2) is 0 Å². The summed E-state index contributed by atoms with van der Waals surface area (Å²) in [5, 5.41) is 2.54. The summed E-state index contributed by atoms with van der Waals surface area (Å²) in [5.41, 5.74) is 10.00. The summed E-state index contributed by atoms with van der Waals surface area (Å²) >= 11 is 0. The molecule has 4 nitrogen and oxygen atoms in total. The highest BCUT2D eigenvalue weighted by Crippen LogP contribution is 2.19. The van der Waals surface area contributed by atoms with Gasteiger partial charge in [0.1, 0.15) is 13.1 Å². The van der Waals surface area contributed by atoms with E-state index in [1.54, 1.807) is 0 Å². The fourth-order valence-corrected chi connectivity index (χ4v) is 7.02. The van der Waals surface area contributed by atoms with E-state index >= 15 is 0 Å². The Hall–Kier alpha value is -5.22. The van der Waals surface area contributed by atoms with E-state index in [1.165, 1.54) is 55.7 Å². The smallest absolute Gasteiger partial charge is 0.212 e. The molecular formula is C46H52N4+2. The van der Waals surface area contributed by atoms with E-state index in [1.807, 2.05) is 0 Å². The van der Waals surface area contributed by atoms with Gasteiger partial charge < -0.3 is 9.80 Å². The zero-order valence-electron chi connectivity index (χ0n) is 30.3. The van der Waals surface area contributed by atoms with Gasteiger partial charge >= 0.3 is 0 Å². The molecule has 0 saturated carbocycles. The van der Waals surface area contributed by atoms with Crippen LogP contribution >= 0.6 is 0 Å². The van der Waals surface area contributed by atoms with Gasteiger partial charge in [0.15, 0.2) is 0 Å². The molecule has 0 atom stereocenters. The number of unbranched alkanes of at least 4 members (excludes halogenated alkanes) is 1. The van der Waals surface area contributed by atoms with Crippen molar-refractivity contribution in [1.82, 2.24) is 0 Å². The van der Waals surface area contributed by atoms with Crippen LogP contribution in [0.4, 0.5) is 11.4 Å². The fourth-order valence-electron chi connectivity index (χ4n) is 7.02. The van der Waals surface area contributed by atoms with Crippen LogP contribution in [0.15, 0.2) is 121 Å². The van der Waals surface area contributed by atoms with Gasteiger partial charge in [-0.2, -0.15) is 9.13 Å². The lowest BCUT2D eigenvalue weighted by Crippen LogP contribution is -2.40. The van der Waals surface area contributed by atoms with Crippen LogP contribution in [-0.4, -0.2) is 26.2 Å². The summed E-state index contributed by atoms with van der Waals surface area (Å²) in [5.74, 6) is 0. The third-order valence-electron chi connectivity index (χ3n) is 9.90. The first-order valence-electron chi connectivity index (χ1n) is 18.5. The summed E-state index contributed by atoms with van der Waals surface area (Å²) in [7, 11) is 0. The number of benzene rings is 4. The van der Waals surface area contributed by atoms with Crippen LogP contribution in [0.3, 0.4) is 0 Å². The Morgan fingerprint density at radius 3 is 1.18 bits per heavy atom. The molecule has 0 aliphatic rings. The molecule has 0 radical (unpaired) electrons. The number of hydrogen-bond acceptors (Lipinski definition) is 2. The number of fused-ring (bicyclic) bond motifs is 2. The minimum absolute atomic E-state index is 0.956. The standard InChI is InChI=1S/C46H52N4/c1-5-47(6-2)41-27-19-37(20-28-41)23-31-43-33-25-39-15-9-11-17-45(39)49(43)35-13-14-36-50-44(34-26-40-16-10-12-18-46(40)50)32-24-38-21-29-42(30-22-38)48(7-3)8-4/h9-12,15-34H,5-8,13-14,35-36H2,1-4H3/q+2. The van der Waals surface area contributed by atoms with E-state index in [9.17, 15) is 0 Å². The van der Waals surface area contributed by atoms with Crippen molar-refractivity contribution < 1.29 is 9.13 Å². The normalized spacial score (nSPS) is 11.7. The third-order valence-corrected chi connectivity index (χ3v) is 9.90. The van der Waals surface area contributed by atoms with Crippen LogP contribution < -0.4 is 18.9 Å². The summed E-state index contributed by atoms with van der Waals surface area (Å²) in [6, 6.07) is 44.4. The Balaban J connectivity index is 1.20. The summed E-state index contributed by atoms with van der Waals surface area (Å²) in [4.78, 5) is 4.76. The molecular weight excluding hydrogens is 609 g/mol. The fraction of sp³-hybridized carbons (Fsp3) is 0.261. The van der Waals surface area contributed by atoms with Crippen LogP contribution in [0.2, 0.25) is 0 Å². The highest BCUT2D eigenvalue weighted by atomic mass is 15.1. The molecule has 4 heteroatoms. The average Bonchev–Trinajstić information content (AvgIpc) is 3.17. The van der Waals surface area contributed by atoms with Crippen LogP contribution in [-0.2, 0) is 13.1 Å². The Labute approximate surface area is 299 Å². The monoisotopic (exact) mass is 660 g/mol. The van der Waals surface area contributed by atoms with E-state index in [4.69, 9.17) is 0 Å². The van der Waals surface area contributed by atoms with E-state index in [0.717, 1.165) is 52.1 Å². The lowest BCUT2D eigenvalue weighted by molar-refractivity contribution is -0.684. The maximum absolute atomic E-state index is 2.49. The SMILES string of the molecule is CCN(CC)c1ccc(/C=C\c2ccc3ccccc3[n+]2CCCC[n+]2c(/C=C/c3ccc(N(CC)CC)cc3)ccc3ccccc32)cc1. The first-order chi connectivity index (χ1) is 24.6. The number of pyridine rings is 2. The zero-order chi connectivity index (χ0) is 34.7. The molecule has 0 unspecified atom stereocenters. The van der Waals surface area contributed by atoms with Crippen molar-refractivity contribution >= 4 is 57.5 Å². The number of rotatable bonds is 15. The van der Waals surface area contributed by atoms with Crippen LogP contribution in [0.25, 0.3) is 46.1 Å². The topological polar surface area (TPSA) is 14.2 Å². The van der Waals surface area contributed by atoms with Crippen molar-refractivity contribution in [3.8, 4) is 0 Å². The molecule has 0 bridgehead atoms. The highest BCUT2D eigenvalue weighted by molar-refractivity contribution is 5.78. The minimum atomic E-state index is 0.956. The Morgan fingerprint density at radius 1 is 0.420 bits per heavy atom.